The van der Waals surface area contributed by atoms with Gasteiger partial charge in [0.1, 0.15) is 0 Å². The van der Waals surface area contributed by atoms with E-state index in [0.29, 0.717) is 12.3 Å². The summed E-state index contributed by atoms with van der Waals surface area (Å²) in [7, 11) is 3.28. The topological polar surface area (TPSA) is 70.7 Å². The summed E-state index contributed by atoms with van der Waals surface area (Å²) in [6.07, 6.45) is 3.03. The van der Waals surface area contributed by atoms with Crippen molar-refractivity contribution in [1.82, 2.24) is 15.6 Å². The Balaban J connectivity index is 0.00000320. The van der Waals surface area contributed by atoms with E-state index in [9.17, 15) is 0 Å². The van der Waals surface area contributed by atoms with Crippen molar-refractivity contribution in [2.24, 2.45) is 4.99 Å². The quantitative estimate of drug-likeness (QED) is 0.233. The van der Waals surface area contributed by atoms with E-state index in [4.69, 9.17) is 14.5 Å². The van der Waals surface area contributed by atoms with Gasteiger partial charge in [-0.15, -0.1) is 24.0 Å². The van der Waals surface area contributed by atoms with Crippen LogP contribution in [-0.2, 0) is 13.0 Å². The van der Waals surface area contributed by atoms with Crippen molar-refractivity contribution < 1.29 is 9.47 Å². The lowest BCUT2D eigenvalue weighted by Gasteiger charge is -2.12. The molecule has 0 amide bonds. The van der Waals surface area contributed by atoms with Gasteiger partial charge in [-0.2, -0.15) is 0 Å². The van der Waals surface area contributed by atoms with Crippen LogP contribution in [0.4, 0.5) is 0 Å². The molecule has 0 bridgehead atoms. The normalized spacial score (nSPS) is 11.1. The SMILES string of the molecule is CCNC(=NCc1ccc(OC)c(OC)c1)NCCc1c[nH]c2cccc(C)c12.I. The summed E-state index contributed by atoms with van der Waals surface area (Å²) < 4.78 is 10.7. The molecule has 0 radical (unpaired) electrons. The van der Waals surface area contributed by atoms with E-state index in [1.807, 2.05) is 18.2 Å². The Bertz CT molecular complexity index is 984. The molecule has 6 nitrogen and oxygen atoms in total. The molecule has 1 heterocycles. The molecule has 30 heavy (non-hydrogen) atoms. The van der Waals surface area contributed by atoms with Gasteiger partial charge in [-0.25, -0.2) is 4.99 Å². The minimum atomic E-state index is 0. The first-order valence-corrected chi connectivity index (χ1v) is 9.95. The first kappa shape index (κ1) is 23.9. The maximum Gasteiger partial charge on any atom is 0.191 e. The van der Waals surface area contributed by atoms with Crippen LogP contribution in [0.5, 0.6) is 11.5 Å². The number of fused-ring (bicyclic) bond motifs is 1. The lowest BCUT2D eigenvalue weighted by Crippen LogP contribution is -2.38. The number of aliphatic imine (C=N–C) groups is 1. The minimum absolute atomic E-state index is 0. The highest BCUT2D eigenvalue weighted by Crippen LogP contribution is 2.27. The van der Waals surface area contributed by atoms with Crippen LogP contribution in [0.15, 0.2) is 47.6 Å². The second kappa shape index (κ2) is 11.7. The van der Waals surface area contributed by atoms with Gasteiger partial charge in [-0.1, -0.05) is 18.2 Å². The number of ether oxygens (including phenoxy) is 2. The van der Waals surface area contributed by atoms with Crippen molar-refractivity contribution in [2.75, 3.05) is 27.3 Å². The highest BCUT2D eigenvalue weighted by atomic mass is 127. The Kier molecular flexibility index (Phi) is 9.29. The number of aryl methyl sites for hydroxylation is 1. The number of H-pyrrole nitrogens is 1. The average molecular weight is 522 g/mol. The van der Waals surface area contributed by atoms with Crippen LogP contribution in [0, 0.1) is 6.92 Å². The predicted octanol–water partition coefficient (Wildman–Crippen LogP) is 4.41. The summed E-state index contributed by atoms with van der Waals surface area (Å²) in [5.41, 5.74) is 4.87. The van der Waals surface area contributed by atoms with Crippen LogP contribution in [0.2, 0.25) is 0 Å². The maximum atomic E-state index is 5.37. The number of nitrogens with one attached hydrogen (secondary N) is 3. The fourth-order valence-corrected chi connectivity index (χ4v) is 3.46. The Hall–Kier alpha value is -2.42. The number of aromatic nitrogens is 1. The zero-order chi connectivity index (χ0) is 20.6. The summed E-state index contributed by atoms with van der Waals surface area (Å²) in [5, 5.41) is 8.06. The molecule has 0 atom stereocenters. The summed E-state index contributed by atoms with van der Waals surface area (Å²) in [6, 6.07) is 12.2. The lowest BCUT2D eigenvalue weighted by atomic mass is 10.1. The van der Waals surface area contributed by atoms with Crippen LogP contribution >= 0.6 is 24.0 Å². The molecule has 3 rings (SSSR count). The van der Waals surface area contributed by atoms with Crippen LogP contribution in [0.1, 0.15) is 23.6 Å². The smallest absolute Gasteiger partial charge is 0.191 e. The van der Waals surface area contributed by atoms with Gasteiger partial charge in [-0.05, 0) is 55.2 Å². The third-order valence-electron chi connectivity index (χ3n) is 4.89. The minimum Gasteiger partial charge on any atom is -0.493 e. The molecule has 0 saturated carbocycles. The van der Waals surface area contributed by atoms with E-state index in [1.54, 1.807) is 14.2 Å². The number of hydrogen-bond donors (Lipinski definition) is 3. The number of halogens is 1. The van der Waals surface area contributed by atoms with Crippen molar-refractivity contribution in [2.45, 2.75) is 26.8 Å². The molecule has 0 aliphatic rings. The van der Waals surface area contributed by atoms with Crippen LogP contribution in [-0.4, -0.2) is 38.3 Å². The van der Waals surface area contributed by atoms with Gasteiger partial charge >= 0.3 is 0 Å². The fourth-order valence-electron chi connectivity index (χ4n) is 3.46. The summed E-state index contributed by atoms with van der Waals surface area (Å²) in [5.74, 6) is 2.24. The first-order chi connectivity index (χ1) is 14.2. The Labute approximate surface area is 195 Å². The molecule has 0 unspecified atom stereocenters. The van der Waals surface area contributed by atoms with Gasteiger partial charge in [0.25, 0.3) is 0 Å². The highest BCUT2D eigenvalue weighted by molar-refractivity contribution is 14.0. The number of hydrogen-bond acceptors (Lipinski definition) is 3. The number of rotatable bonds is 8. The van der Waals surface area contributed by atoms with Crippen LogP contribution < -0.4 is 20.1 Å². The molecule has 7 heteroatoms. The number of nitrogens with zero attached hydrogens (tertiary/aromatic N) is 1. The monoisotopic (exact) mass is 522 g/mol. The molecule has 0 aliphatic carbocycles. The average Bonchev–Trinajstić information content (AvgIpc) is 3.16. The van der Waals surface area contributed by atoms with Crippen LogP contribution in [0.25, 0.3) is 10.9 Å². The Morgan fingerprint density at radius 2 is 1.87 bits per heavy atom. The number of benzene rings is 2. The van der Waals surface area contributed by atoms with Crippen molar-refractivity contribution in [3.8, 4) is 11.5 Å². The number of aromatic amines is 1. The summed E-state index contributed by atoms with van der Waals surface area (Å²) in [6.45, 7) is 6.39. The number of guanidine groups is 1. The molecule has 3 aromatic rings. The van der Waals surface area contributed by atoms with E-state index in [-0.39, 0.29) is 24.0 Å². The van der Waals surface area contributed by atoms with Gasteiger partial charge < -0.3 is 25.1 Å². The van der Waals surface area contributed by atoms with Gasteiger partial charge in [0.05, 0.1) is 20.8 Å². The van der Waals surface area contributed by atoms with Gasteiger partial charge in [0.2, 0.25) is 0 Å². The zero-order valence-electron chi connectivity index (χ0n) is 18.0. The largest absolute Gasteiger partial charge is 0.493 e. The van der Waals surface area contributed by atoms with Crippen molar-refractivity contribution >= 4 is 40.8 Å². The van der Waals surface area contributed by atoms with E-state index < -0.39 is 0 Å². The van der Waals surface area contributed by atoms with E-state index in [1.165, 1.54) is 22.0 Å². The van der Waals surface area contributed by atoms with Crippen molar-refractivity contribution in [1.29, 1.82) is 0 Å². The molecular weight excluding hydrogens is 491 g/mol. The van der Waals surface area contributed by atoms with E-state index >= 15 is 0 Å². The second-order valence-electron chi connectivity index (χ2n) is 6.87. The highest BCUT2D eigenvalue weighted by Gasteiger charge is 2.07. The van der Waals surface area contributed by atoms with Gasteiger partial charge in [-0.3, -0.25) is 0 Å². The molecule has 0 fully saturated rings. The first-order valence-electron chi connectivity index (χ1n) is 9.95. The molecular formula is C23H31IN4O2. The molecule has 3 N–H and O–H groups in total. The van der Waals surface area contributed by atoms with E-state index in [2.05, 4.69) is 53.9 Å². The van der Waals surface area contributed by atoms with Gasteiger partial charge in [0.15, 0.2) is 17.5 Å². The molecule has 1 aromatic heterocycles. The third kappa shape index (κ3) is 5.81. The molecule has 0 saturated heterocycles. The maximum absolute atomic E-state index is 5.37. The predicted molar refractivity (Wildman–Crippen MR) is 135 cm³/mol. The second-order valence-corrected chi connectivity index (χ2v) is 6.87. The standard InChI is InChI=1S/C23H30N4O2.HI/c1-5-24-23(27-14-17-9-10-20(28-3)21(13-17)29-4)25-12-11-18-15-26-19-8-6-7-16(2)22(18)19;/h6-10,13,15,26H,5,11-12,14H2,1-4H3,(H2,24,25,27);1H. The van der Waals surface area contributed by atoms with Crippen molar-refractivity contribution in [3.05, 3.63) is 59.3 Å². The van der Waals surface area contributed by atoms with Gasteiger partial charge in [0, 0.05) is 30.2 Å². The number of methoxy groups -OCH3 is 2. The Morgan fingerprint density at radius 1 is 1.07 bits per heavy atom. The zero-order valence-corrected chi connectivity index (χ0v) is 20.4. The third-order valence-corrected chi connectivity index (χ3v) is 4.89. The molecule has 2 aromatic carbocycles. The van der Waals surface area contributed by atoms with Crippen LogP contribution in [0.3, 0.4) is 0 Å². The van der Waals surface area contributed by atoms with Crippen molar-refractivity contribution in [3.63, 3.8) is 0 Å². The molecule has 0 aliphatic heterocycles. The molecule has 162 valence electrons. The summed E-state index contributed by atoms with van der Waals surface area (Å²) >= 11 is 0. The summed E-state index contributed by atoms with van der Waals surface area (Å²) in [4.78, 5) is 8.07. The molecule has 0 spiro atoms. The van der Waals surface area contributed by atoms with E-state index in [0.717, 1.165) is 36.8 Å². The Morgan fingerprint density at radius 3 is 2.60 bits per heavy atom. The fraction of sp³-hybridized carbons (Fsp3) is 0.348. The lowest BCUT2D eigenvalue weighted by molar-refractivity contribution is 0.354.